The van der Waals surface area contributed by atoms with Crippen LogP contribution in [0, 0.1) is 0 Å². The van der Waals surface area contributed by atoms with Crippen molar-refractivity contribution in [2.75, 3.05) is 0 Å². The van der Waals surface area contributed by atoms with Crippen LogP contribution >= 0.6 is 0 Å². The SMILES string of the molecule is c1ccc(-c2nc(-c3ccccc3)nc(-c3ccc(-c4cccc(-c5ccc(C6(c7ccc8oc9ccccc9c8c7)c7ccccc7-c7ccccc76)cc5)c4)cc3)n2)cc1.c1ccc(-c2nc(-c3ccccc3)nc(-c3cccc(-c4ccc(-c5ccc(C6(c7ccc8oc9ccccc9c8c7)c7ccccc7-c7ccccc76)cc5)cc4)c3)n2)cc1. The first kappa shape index (κ1) is 72.8. The van der Waals surface area contributed by atoms with Crippen LogP contribution in [0.15, 0.2) is 458 Å². The van der Waals surface area contributed by atoms with Crippen LogP contribution in [-0.2, 0) is 10.8 Å². The molecule has 8 nitrogen and oxygen atoms in total. The van der Waals surface area contributed by atoms with Gasteiger partial charge in [-0.3, -0.25) is 0 Å². The summed E-state index contributed by atoms with van der Waals surface area (Å²) in [7, 11) is 0. The van der Waals surface area contributed by atoms with Crippen LogP contribution in [0.25, 0.3) is 179 Å². The Morgan fingerprint density at radius 2 is 0.371 bits per heavy atom. The molecule has 2 aliphatic carbocycles. The van der Waals surface area contributed by atoms with Gasteiger partial charge in [0.2, 0.25) is 0 Å². The standard InChI is InChI=1S/2C58H37N3O/c1-3-14-40(15-4-1)55-59-56(41-16-5-2-6-17-41)61-57(60-55)42-28-26-38(27-29-42)43-18-13-19-44(36-43)39-30-32-45(33-31-39)58(51-23-10-7-20-47(51)48-21-8-11-24-52(48)58)46-34-35-54-50(37-46)49-22-9-12-25-53(49)62-54;1-3-14-41(15-4-1)55-59-56(42-16-5-2-6-17-42)61-57(60-55)44-19-13-18-43(36-44)40-28-26-38(27-29-40)39-30-32-45(33-31-39)58(51-23-10-7-20-47(51)48-21-8-11-24-52(48)58)46-34-35-54-50(37-46)49-22-9-12-25-53(49)62-54/h2*1-37H. The van der Waals surface area contributed by atoms with Crippen LogP contribution in [0.1, 0.15) is 44.5 Å². The van der Waals surface area contributed by atoms with Gasteiger partial charge in [0, 0.05) is 54.9 Å². The molecule has 8 heteroatoms. The number of furan rings is 2. The first-order valence-electron chi connectivity index (χ1n) is 42.0. The fourth-order valence-corrected chi connectivity index (χ4v) is 19.0. The predicted molar refractivity (Wildman–Crippen MR) is 503 cm³/mol. The molecule has 0 bridgehead atoms. The average Bonchev–Trinajstić information content (AvgIpc) is 1.53. The second-order valence-corrected chi connectivity index (χ2v) is 31.8. The van der Waals surface area contributed by atoms with Gasteiger partial charge in [-0.25, -0.2) is 29.9 Å². The van der Waals surface area contributed by atoms with Crippen molar-refractivity contribution in [3.63, 3.8) is 0 Å². The second kappa shape index (κ2) is 30.4. The summed E-state index contributed by atoms with van der Waals surface area (Å²) in [5.74, 6) is 3.88. The van der Waals surface area contributed by atoms with Crippen molar-refractivity contribution in [1.29, 1.82) is 0 Å². The summed E-state index contributed by atoms with van der Waals surface area (Å²) in [6, 6.07) is 159. The van der Waals surface area contributed by atoms with Crippen molar-refractivity contribution in [3.05, 3.63) is 493 Å². The molecule has 0 saturated heterocycles. The predicted octanol–water partition coefficient (Wildman–Crippen LogP) is 28.9. The molecule has 0 atom stereocenters. The van der Waals surface area contributed by atoms with E-state index in [1.807, 2.05) is 146 Å². The largest absolute Gasteiger partial charge is 0.456 e. The van der Waals surface area contributed by atoms with Crippen LogP contribution in [-0.4, -0.2) is 29.9 Å². The molecule has 2 aliphatic rings. The number of hydrogen-bond donors (Lipinski definition) is 0. The Kier molecular flexibility index (Phi) is 17.9. The van der Waals surface area contributed by atoms with Crippen LogP contribution in [0.2, 0.25) is 0 Å². The molecular formula is C116H74N6O2. The highest BCUT2D eigenvalue weighted by atomic mass is 16.3. The summed E-state index contributed by atoms with van der Waals surface area (Å²) < 4.78 is 12.6. The molecule has 0 amide bonds. The topological polar surface area (TPSA) is 104 Å². The summed E-state index contributed by atoms with van der Waals surface area (Å²) in [6.45, 7) is 0. The number of aromatic nitrogens is 6. The number of hydrogen-bond acceptors (Lipinski definition) is 8. The van der Waals surface area contributed by atoms with E-state index >= 15 is 0 Å². The van der Waals surface area contributed by atoms with Crippen molar-refractivity contribution in [2.24, 2.45) is 0 Å². The van der Waals surface area contributed by atoms with Gasteiger partial charge in [0.05, 0.1) is 10.8 Å². The maximum Gasteiger partial charge on any atom is 0.164 e. The molecule has 0 spiro atoms. The monoisotopic (exact) mass is 1580 g/mol. The number of rotatable bonds is 14. The molecule has 124 heavy (non-hydrogen) atoms. The molecule has 0 saturated carbocycles. The lowest BCUT2D eigenvalue weighted by Gasteiger charge is -2.34. The van der Waals surface area contributed by atoms with E-state index in [4.69, 9.17) is 38.7 Å². The Morgan fingerprint density at radius 3 is 0.710 bits per heavy atom. The molecule has 24 rings (SSSR count). The smallest absolute Gasteiger partial charge is 0.164 e. The van der Waals surface area contributed by atoms with Gasteiger partial charge in [-0.1, -0.05) is 400 Å². The maximum absolute atomic E-state index is 6.31. The highest BCUT2D eigenvalue weighted by Crippen LogP contribution is 2.59. The highest BCUT2D eigenvalue weighted by Gasteiger charge is 2.48. The van der Waals surface area contributed by atoms with Gasteiger partial charge in [-0.05, 0) is 160 Å². The van der Waals surface area contributed by atoms with Crippen LogP contribution < -0.4 is 0 Å². The minimum absolute atomic E-state index is 0.518. The number of para-hydroxylation sites is 2. The van der Waals surface area contributed by atoms with Gasteiger partial charge in [0.25, 0.3) is 0 Å². The third kappa shape index (κ3) is 12.5. The lowest BCUT2D eigenvalue weighted by molar-refractivity contribution is 0.667. The average molecular weight is 1580 g/mol. The van der Waals surface area contributed by atoms with Gasteiger partial charge in [-0.15, -0.1) is 0 Å². The fourth-order valence-electron chi connectivity index (χ4n) is 19.0. The molecular weight excluding hydrogens is 1510 g/mol. The summed E-state index contributed by atoms with van der Waals surface area (Å²) >= 11 is 0. The van der Waals surface area contributed by atoms with Crippen molar-refractivity contribution in [2.45, 2.75) is 10.8 Å². The van der Waals surface area contributed by atoms with E-state index in [1.165, 1.54) is 66.8 Å². The quantitative estimate of drug-likeness (QED) is 0.106. The van der Waals surface area contributed by atoms with E-state index in [-0.39, 0.29) is 0 Å². The number of nitrogens with zero attached hydrogens (tertiary/aromatic N) is 6. The molecule has 4 heterocycles. The van der Waals surface area contributed by atoms with E-state index < -0.39 is 10.8 Å². The van der Waals surface area contributed by atoms with Crippen molar-refractivity contribution in [1.82, 2.24) is 29.9 Å². The summed E-state index contributed by atoms with van der Waals surface area (Å²) in [5, 5.41) is 4.51. The molecule has 4 aromatic heterocycles. The number of fused-ring (bicyclic) bond motifs is 12. The van der Waals surface area contributed by atoms with Gasteiger partial charge in [0.1, 0.15) is 22.3 Å². The van der Waals surface area contributed by atoms with Gasteiger partial charge in [-0.2, -0.15) is 0 Å². The Hall–Kier alpha value is -16.4. The molecule has 0 N–H and O–H groups in total. The fraction of sp³-hybridized carbons (Fsp3) is 0.0172. The zero-order valence-corrected chi connectivity index (χ0v) is 67.2. The van der Waals surface area contributed by atoms with Crippen LogP contribution in [0.5, 0.6) is 0 Å². The highest BCUT2D eigenvalue weighted by molar-refractivity contribution is 6.07. The molecule has 0 fully saturated rings. The van der Waals surface area contributed by atoms with Gasteiger partial charge >= 0.3 is 0 Å². The first-order valence-corrected chi connectivity index (χ1v) is 42.0. The lowest BCUT2D eigenvalue weighted by Crippen LogP contribution is -2.28. The van der Waals surface area contributed by atoms with E-state index in [2.05, 4.69) is 303 Å². The normalized spacial score (nSPS) is 12.6. The molecule has 0 aliphatic heterocycles. The number of benzene rings is 18. The molecule has 18 aromatic carbocycles. The minimum atomic E-state index is -0.524. The van der Waals surface area contributed by atoms with E-state index in [9.17, 15) is 0 Å². The second-order valence-electron chi connectivity index (χ2n) is 31.8. The summed E-state index contributed by atoms with van der Waals surface area (Å²) in [6.07, 6.45) is 0. The van der Waals surface area contributed by atoms with Gasteiger partial charge < -0.3 is 8.83 Å². The van der Waals surface area contributed by atoms with E-state index in [0.717, 1.165) is 122 Å². The Bertz CT molecular complexity index is 7620. The Labute approximate surface area is 717 Å². The first-order chi connectivity index (χ1) is 61.4. The van der Waals surface area contributed by atoms with Crippen molar-refractivity contribution in [3.8, 4) is 135 Å². The molecule has 580 valence electrons. The molecule has 0 radical (unpaired) electrons. The Morgan fingerprint density at radius 1 is 0.145 bits per heavy atom. The van der Waals surface area contributed by atoms with Gasteiger partial charge in [0.15, 0.2) is 34.9 Å². The van der Waals surface area contributed by atoms with Crippen LogP contribution in [0.3, 0.4) is 0 Å². The minimum Gasteiger partial charge on any atom is -0.456 e. The van der Waals surface area contributed by atoms with Crippen molar-refractivity contribution >= 4 is 43.9 Å². The molecule has 22 aromatic rings. The van der Waals surface area contributed by atoms with E-state index in [1.54, 1.807) is 0 Å². The zero-order valence-electron chi connectivity index (χ0n) is 67.2. The van der Waals surface area contributed by atoms with Crippen molar-refractivity contribution < 1.29 is 8.83 Å². The van der Waals surface area contributed by atoms with E-state index in [0.29, 0.717) is 34.9 Å². The maximum atomic E-state index is 6.31. The third-order valence-corrected chi connectivity index (χ3v) is 24.9. The Balaban J connectivity index is 0.000000143. The summed E-state index contributed by atoms with van der Waals surface area (Å²) in [4.78, 5) is 29.6. The van der Waals surface area contributed by atoms with Crippen LogP contribution in [0.4, 0.5) is 0 Å². The molecule has 0 unspecified atom stereocenters. The summed E-state index contributed by atoms with van der Waals surface area (Å²) in [5.41, 5.74) is 32.5. The lowest BCUT2D eigenvalue weighted by atomic mass is 9.67. The third-order valence-electron chi connectivity index (χ3n) is 24.9. The zero-order chi connectivity index (χ0) is 82.1.